The molecule has 0 aliphatic carbocycles. The van der Waals surface area contributed by atoms with E-state index in [0.29, 0.717) is 11.3 Å². The Morgan fingerprint density at radius 3 is 2.50 bits per heavy atom. The Labute approximate surface area is 140 Å². The fraction of sp³-hybridized carbons (Fsp3) is 0.278. The van der Waals surface area contributed by atoms with Crippen LogP contribution in [0.25, 0.3) is 0 Å². The standard InChI is InChI=1S/C18H20N2O4/c1-10-6-5-7-13(12(10)3)15(18(22)23)20-16(21)14-9-8-11(2)19-17(14)24-4/h5-9,15H,1-4H3,(H,20,21)(H,22,23). The summed E-state index contributed by atoms with van der Waals surface area (Å²) < 4.78 is 5.12. The quantitative estimate of drug-likeness (QED) is 0.880. The fourth-order valence-corrected chi connectivity index (χ4v) is 2.43. The van der Waals surface area contributed by atoms with Gasteiger partial charge in [0.25, 0.3) is 5.91 Å². The number of nitrogens with zero attached hydrogens (tertiary/aromatic N) is 1. The van der Waals surface area contributed by atoms with Crippen molar-refractivity contribution in [2.75, 3.05) is 7.11 Å². The van der Waals surface area contributed by atoms with Crippen LogP contribution >= 0.6 is 0 Å². The van der Waals surface area contributed by atoms with Crippen molar-refractivity contribution in [2.45, 2.75) is 26.8 Å². The van der Waals surface area contributed by atoms with Crippen molar-refractivity contribution in [2.24, 2.45) is 0 Å². The molecule has 6 heteroatoms. The maximum atomic E-state index is 12.5. The van der Waals surface area contributed by atoms with E-state index in [0.717, 1.165) is 11.1 Å². The number of ether oxygens (including phenoxy) is 1. The zero-order valence-corrected chi connectivity index (χ0v) is 14.1. The van der Waals surface area contributed by atoms with E-state index in [9.17, 15) is 14.7 Å². The minimum atomic E-state index is -1.15. The van der Waals surface area contributed by atoms with Crippen molar-refractivity contribution < 1.29 is 19.4 Å². The van der Waals surface area contributed by atoms with Crippen LogP contribution in [0.3, 0.4) is 0 Å². The summed E-state index contributed by atoms with van der Waals surface area (Å²) in [7, 11) is 1.41. The van der Waals surface area contributed by atoms with Crippen LogP contribution in [0.4, 0.5) is 0 Å². The van der Waals surface area contributed by atoms with E-state index in [1.807, 2.05) is 19.9 Å². The molecular weight excluding hydrogens is 308 g/mol. The SMILES string of the molecule is COc1nc(C)ccc1C(=O)NC(C(=O)O)c1cccc(C)c1C. The Morgan fingerprint density at radius 1 is 1.17 bits per heavy atom. The highest BCUT2D eigenvalue weighted by Gasteiger charge is 2.26. The van der Waals surface area contributed by atoms with Gasteiger partial charge in [0.05, 0.1) is 7.11 Å². The summed E-state index contributed by atoms with van der Waals surface area (Å²) in [6, 6.07) is 7.46. The Bertz CT molecular complexity index is 787. The number of carboxylic acids is 1. The van der Waals surface area contributed by atoms with Gasteiger partial charge in [-0.3, -0.25) is 4.79 Å². The molecule has 0 aliphatic rings. The first kappa shape index (κ1) is 17.5. The molecule has 1 unspecified atom stereocenters. The summed E-state index contributed by atoms with van der Waals surface area (Å²) in [5.74, 6) is -1.51. The van der Waals surface area contributed by atoms with Gasteiger partial charge in [-0.05, 0) is 49.6 Å². The van der Waals surface area contributed by atoms with Gasteiger partial charge in [0.1, 0.15) is 5.56 Å². The number of hydrogen-bond donors (Lipinski definition) is 2. The lowest BCUT2D eigenvalue weighted by Crippen LogP contribution is -2.34. The number of nitrogens with one attached hydrogen (secondary N) is 1. The highest BCUT2D eigenvalue weighted by molar-refractivity contribution is 5.98. The number of rotatable bonds is 5. The molecule has 0 radical (unpaired) electrons. The number of pyridine rings is 1. The largest absolute Gasteiger partial charge is 0.480 e. The van der Waals surface area contributed by atoms with Gasteiger partial charge in [-0.25, -0.2) is 9.78 Å². The third kappa shape index (κ3) is 3.53. The summed E-state index contributed by atoms with van der Waals surface area (Å²) in [5.41, 5.74) is 3.24. The lowest BCUT2D eigenvalue weighted by Gasteiger charge is -2.18. The summed E-state index contributed by atoms with van der Waals surface area (Å²) >= 11 is 0. The second-order valence-corrected chi connectivity index (χ2v) is 5.54. The third-order valence-electron chi connectivity index (χ3n) is 3.92. The molecule has 126 valence electrons. The van der Waals surface area contributed by atoms with Crippen LogP contribution in [0.2, 0.25) is 0 Å². The monoisotopic (exact) mass is 328 g/mol. The molecule has 0 aliphatic heterocycles. The average molecular weight is 328 g/mol. The molecule has 0 saturated heterocycles. The molecule has 1 heterocycles. The van der Waals surface area contributed by atoms with Crippen LogP contribution in [-0.4, -0.2) is 29.1 Å². The van der Waals surface area contributed by atoms with Crippen molar-refractivity contribution in [3.05, 3.63) is 58.3 Å². The number of aliphatic carboxylic acids is 1. The van der Waals surface area contributed by atoms with Gasteiger partial charge < -0.3 is 15.2 Å². The molecule has 0 bridgehead atoms. The molecule has 1 aromatic heterocycles. The molecule has 2 rings (SSSR count). The van der Waals surface area contributed by atoms with Crippen molar-refractivity contribution in [1.82, 2.24) is 10.3 Å². The van der Waals surface area contributed by atoms with Crippen molar-refractivity contribution in [1.29, 1.82) is 0 Å². The summed E-state index contributed by atoms with van der Waals surface area (Å²) in [5, 5.41) is 12.1. The molecule has 24 heavy (non-hydrogen) atoms. The normalized spacial score (nSPS) is 11.7. The smallest absolute Gasteiger partial charge is 0.330 e. The van der Waals surface area contributed by atoms with Gasteiger partial charge in [-0.15, -0.1) is 0 Å². The number of carboxylic acid groups (broad SMARTS) is 1. The number of hydrogen-bond acceptors (Lipinski definition) is 4. The molecular formula is C18H20N2O4. The second-order valence-electron chi connectivity index (χ2n) is 5.54. The van der Waals surface area contributed by atoms with Gasteiger partial charge in [0.2, 0.25) is 5.88 Å². The topological polar surface area (TPSA) is 88.5 Å². The van der Waals surface area contributed by atoms with E-state index in [-0.39, 0.29) is 11.4 Å². The molecule has 2 aromatic rings. The van der Waals surface area contributed by atoms with Crippen molar-refractivity contribution in [3.63, 3.8) is 0 Å². The Balaban J connectivity index is 2.37. The summed E-state index contributed by atoms with van der Waals surface area (Å²) in [6.07, 6.45) is 0. The van der Waals surface area contributed by atoms with E-state index in [1.165, 1.54) is 7.11 Å². The molecule has 1 atom stereocenters. The van der Waals surface area contributed by atoms with Crippen molar-refractivity contribution in [3.8, 4) is 5.88 Å². The minimum absolute atomic E-state index is 0.164. The maximum Gasteiger partial charge on any atom is 0.330 e. The van der Waals surface area contributed by atoms with Crippen LogP contribution in [0.1, 0.15) is 38.8 Å². The van der Waals surface area contributed by atoms with Crippen LogP contribution in [-0.2, 0) is 4.79 Å². The number of carbonyl (C=O) groups is 2. The molecule has 2 N–H and O–H groups in total. The lowest BCUT2D eigenvalue weighted by molar-refractivity contribution is -0.139. The number of amides is 1. The number of aryl methyl sites for hydroxylation is 2. The molecule has 6 nitrogen and oxygen atoms in total. The van der Waals surface area contributed by atoms with E-state index in [2.05, 4.69) is 10.3 Å². The van der Waals surface area contributed by atoms with E-state index < -0.39 is 17.9 Å². The van der Waals surface area contributed by atoms with Crippen LogP contribution < -0.4 is 10.1 Å². The highest BCUT2D eigenvalue weighted by Crippen LogP contribution is 2.23. The first-order chi connectivity index (χ1) is 11.3. The Kier molecular flexibility index (Phi) is 5.18. The number of aromatic nitrogens is 1. The van der Waals surface area contributed by atoms with Crippen LogP contribution in [0.5, 0.6) is 5.88 Å². The maximum absolute atomic E-state index is 12.5. The minimum Gasteiger partial charge on any atom is -0.480 e. The van der Waals surface area contributed by atoms with E-state index >= 15 is 0 Å². The Hall–Kier alpha value is -2.89. The predicted octanol–water partition coefficient (Wildman–Crippen LogP) is 2.57. The van der Waals surface area contributed by atoms with Gasteiger partial charge in [0, 0.05) is 5.69 Å². The van der Waals surface area contributed by atoms with Gasteiger partial charge >= 0.3 is 5.97 Å². The molecule has 0 spiro atoms. The fourth-order valence-electron chi connectivity index (χ4n) is 2.43. The average Bonchev–Trinajstić information content (AvgIpc) is 2.54. The summed E-state index contributed by atoms with van der Waals surface area (Å²) in [4.78, 5) is 28.3. The first-order valence-electron chi connectivity index (χ1n) is 7.46. The van der Waals surface area contributed by atoms with Crippen molar-refractivity contribution >= 4 is 11.9 Å². The highest BCUT2D eigenvalue weighted by atomic mass is 16.5. The van der Waals surface area contributed by atoms with E-state index in [1.54, 1.807) is 31.2 Å². The zero-order chi connectivity index (χ0) is 17.9. The summed E-state index contributed by atoms with van der Waals surface area (Å²) in [6.45, 7) is 5.51. The molecule has 0 saturated carbocycles. The van der Waals surface area contributed by atoms with E-state index in [4.69, 9.17) is 4.74 Å². The second kappa shape index (κ2) is 7.12. The first-order valence-corrected chi connectivity index (χ1v) is 7.46. The molecule has 0 fully saturated rings. The van der Waals surface area contributed by atoms with Crippen LogP contribution in [0.15, 0.2) is 30.3 Å². The van der Waals surface area contributed by atoms with Gasteiger partial charge in [-0.1, -0.05) is 18.2 Å². The Morgan fingerprint density at radius 2 is 1.88 bits per heavy atom. The number of carbonyl (C=O) groups excluding carboxylic acids is 1. The third-order valence-corrected chi connectivity index (χ3v) is 3.92. The zero-order valence-electron chi connectivity index (χ0n) is 14.1. The van der Waals surface area contributed by atoms with Gasteiger partial charge in [-0.2, -0.15) is 0 Å². The lowest BCUT2D eigenvalue weighted by atomic mass is 9.97. The number of benzene rings is 1. The number of methoxy groups -OCH3 is 1. The predicted molar refractivity (Wildman–Crippen MR) is 89.3 cm³/mol. The molecule has 1 aromatic carbocycles. The molecule has 1 amide bonds. The van der Waals surface area contributed by atoms with Crippen LogP contribution in [0, 0.1) is 20.8 Å². The van der Waals surface area contributed by atoms with Gasteiger partial charge in [0.15, 0.2) is 6.04 Å².